The molecular formula is C20H34N4O. The lowest BCUT2D eigenvalue weighted by Crippen LogP contribution is -2.45. The molecule has 1 rings (SSSR count). The largest absolute Gasteiger partial charge is 0.357 e. The molecule has 0 bridgehead atoms. The molecule has 0 saturated carbocycles. The van der Waals surface area contributed by atoms with Crippen molar-refractivity contribution < 1.29 is 4.79 Å². The molecule has 1 amide bonds. The molecule has 0 aliphatic carbocycles. The van der Waals surface area contributed by atoms with Crippen LogP contribution in [0.1, 0.15) is 52.7 Å². The Hall–Kier alpha value is -2.04. The van der Waals surface area contributed by atoms with Gasteiger partial charge in [0.15, 0.2) is 5.96 Å². The van der Waals surface area contributed by atoms with Crippen molar-refractivity contribution in [3.63, 3.8) is 0 Å². The Morgan fingerprint density at radius 2 is 1.64 bits per heavy atom. The second-order valence-corrected chi connectivity index (χ2v) is 8.10. The molecule has 1 aromatic rings. The molecule has 0 aliphatic rings. The molecule has 0 aromatic heterocycles. The minimum Gasteiger partial charge on any atom is -0.357 e. The summed E-state index contributed by atoms with van der Waals surface area (Å²) in [6.07, 6.45) is 0. The summed E-state index contributed by atoms with van der Waals surface area (Å²) in [5.41, 5.74) is 2.24. The van der Waals surface area contributed by atoms with E-state index >= 15 is 0 Å². The van der Waals surface area contributed by atoms with E-state index in [-0.39, 0.29) is 23.4 Å². The lowest BCUT2D eigenvalue weighted by Gasteiger charge is -2.27. The van der Waals surface area contributed by atoms with E-state index in [1.54, 1.807) is 0 Å². The molecule has 25 heavy (non-hydrogen) atoms. The van der Waals surface area contributed by atoms with Crippen molar-refractivity contribution >= 4 is 11.9 Å². The van der Waals surface area contributed by atoms with Crippen LogP contribution in [0.4, 0.5) is 0 Å². The van der Waals surface area contributed by atoms with Gasteiger partial charge in [0.2, 0.25) is 5.91 Å². The van der Waals surface area contributed by atoms with Crippen LogP contribution in [0.15, 0.2) is 29.3 Å². The molecule has 3 N–H and O–H groups in total. The highest BCUT2D eigenvalue weighted by Crippen LogP contribution is 2.22. The summed E-state index contributed by atoms with van der Waals surface area (Å²) in [5, 5.41) is 9.46. The Bertz CT molecular complexity index is 583. The van der Waals surface area contributed by atoms with Gasteiger partial charge in [0.1, 0.15) is 6.54 Å². The quantitative estimate of drug-likeness (QED) is 0.548. The van der Waals surface area contributed by atoms with E-state index in [1.165, 1.54) is 11.1 Å². The van der Waals surface area contributed by atoms with E-state index in [2.05, 4.69) is 66.0 Å². The Labute approximate surface area is 152 Å². The molecule has 5 heteroatoms. The number of aliphatic imine (C=N–C) groups is 1. The van der Waals surface area contributed by atoms with Crippen LogP contribution in [0, 0.1) is 6.92 Å². The lowest BCUT2D eigenvalue weighted by molar-refractivity contribution is -0.121. The van der Waals surface area contributed by atoms with Gasteiger partial charge < -0.3 is 16.0 Å². The topological polar surface area (TPSA) is 65.5 Å². The first-order valence-electron chi connectivity index (χ1n) is 8.94. The number of hydrogen-bond donors (Lipinski definition) is 3. The fourth-order valence-corrected chi connectivity index (χ4v) is 2.36. The first kappa shape index (κ1) is 21.0. The van der Waals surface area contributed by atoms with Crippen molar-refractivity contribution in [3.05, 3.63) is 35.4 Å². The third-order valence-electron chi connectivity index (χ3n) is 3.77. The van der Waals surface area contributed by atoms with Gasteiger partial charge in [-0.25, -0.2) is 4.99 Å². The van der Waals surface area contributed by atoms with Crippen molar-refractivity contribution in [2.45, 2.75) is 59.4 Å². The molecule has 5 nitrogen and oxygen atoms in total. The zero-order chi connectivity index (χ0) is 19.1. The molecule has 0 unspecified atom stereocenters. The first-order valence-corrected chi connectivity index (χ1v) is 8.94. The van der Waals surface area contributed by atoms with Gasteiger partial charge in [0.25, 0.3) is 0 Å². The van der Waals surface area contributed by atoms with E-state index in [9.17, 15) is 4.79 Å². The number of carbonyl (C=O) groups excluding carboxylic acids is 1. The summed E-state index contributed by atoms with van der Waals surface area (Å²) in [4.78, 5) is 16.3. The summed E-state index contributed by atoms with van der Waals surface area (Å²) < 4.78 is 0. The van der Waals surface area contributed by atoms with Crippen molar-refractivity contribution in [2.24, 2.45) is 4.99 Å². The number of hydrogen-bond acceptors (Lipinski definition) is 2. The monoisotopic (exact) mass is 346 g/mol. The second kappa shape index (κ2) is 8.88. The average molecular weight is 347 g/mol. The molecule has 0 saturated heterocycles. The van der Waals surface area contributed by atoms with E-state index in [0.717, 1.165) is 13.1 Å². The van der Waals surface area contributed by atoms with E-state index < -0.39 is 0 Å². The van der Waals surface area contributed by atoms with Crippen molar-refractivity contribution in [2.75, 3.05) is 19.6 Å². The molecule has 0 fully saturated rings. The second-order valence-electron chi connectivity index (χ2n) is 8.10. The highest BCUT2D eigenvalue weighted by Gasteiger charge is 2.21. The number of carbonyl (C=O) groups is 1. The van der Waals surface area contributed by atoms with Crippen LogP contribution in [0.2, 0.25) is 0 Å². The van der Waals surface area contributed by atoms with Gasteiger partial charge in [-0.3, -0.25) is 4.79 Å². The first-order chi connectivity index (χ1) is 11.5. The number of amides is 1. The van der Waals surface area contributed by atoms with Crippen molar-refractivity contribution in [3.8, 4) is 0 Å². The van der Waals surface area contributed by atoms with E-state index in [1.807, 2.05) is 27.7 Å². The SMILES string of the molecule is CCNC(=NCC(=O)NC(C)(C)C)NCC(C)(C)c1ccc(C)cc1. The number of rotatable bonds is 6. The zero-order valence-corrected chi connectivity index (χ0v) is 16.8. The maximum absolute atomic E-state index is 11.9. The fraction of sp³-hybridized carbons (Fsp3) is 0.600. The van der Waals surface area contributed by atoms with Gasteiger partial charge in [-0.15, -0.1) is 0 Å². The number of aryl methyl sites for hydroxylation is 1. The third kappa shape index (κ3) is 8.05. The van der Waals surface area contributed by atoms with Crippen molar-refractivity contribution in [1.82, 2.24) is 16.0 Å². The van der Waals surface area contributed by atoms with Crippen LogP contribution in [0.25, 0.3) is 0 Å². The maximum atomic E-state index is 11.9. The summed E-state index contributed by atoms with van der Waals surface area (Å²) in [5.74, 6) is 0.578. The van der Waals surface area contributed by atoms with Crippen molar-refractivity contribution in [1.29, 1.82) is 0 Å². The Morgan fingerprint density at radius 1 is 1.04 bits per heavy atom. The number of benzene rings is 1. The Kier molecular flexibility index (Phi) is 7.46. The summed E-state index contributed by atoms with van der Waals surface area (Å²) in [7, 11) is 0. The lowest BCUT2D eigenvalue weighted by atomic mass is 9.84. The van der Waals surface area contributed by atoms with Crippen LogP contribution < -0.4 is 16.0 Å². The molecule has 0 atom stereocenters. The minimum absolute atomic E-state index is 0.0441. The summed E-state index contributed by atoms with van der Waals surface area (Å²) in [6.45, 7) is 16.0. The summed E-state index contributed by atoms with van der Waals surface area (Å²) >= 11 is 0. The van der Waals surface area contributed by atoms with Crippen LogP contribution in [0.3, 0.4) is 0 Å². The van der Waals surface area contributed by atoms with Crippen LogP contribution >= 0.6 is 0 Å². The van der Waals surface area contributed by atoms with E-state index in [4.69, 9.17) is 0 Å². The third-order valence-corrected chi connectivity index (χ3v) is 3.77. The molecule has 140 valence electrons. The van der Waals surface area contributed by atoms with Gasteiger partial charge in [-0.2, -0.15) is 0 Å². The van der Waals surface area contributed by atoms with Crippen LogP contribution in [0.5, 0.6) is 0 Å². The molecule has 0 aliphatic heterocycles. The van der Waals surface area contributed by atoms with Gasteiger partial charge in [-0.1, -0.05) is 43.7 Å². The smallest absolute Gasteiger partial charge is 0.242 e. The standard InChI is InChI=1S/C20H34N4O/c1-8-21-18(22-13-17(25)24-19(3,4)5)23-14-20(6,7)16-11-9-15(2)10-12-16/h9-12H,8,13-14H2,1-7H3,(H,24,25)(H2,21,22,23). The predicted molar refractivity (Wildman–Crippen MR) is 106 cm³/mol. The van der Waals surface area contributed by atoms with Gasteiger partial charge in [-0.05, 0) is 40.2 Å². The molecular weight excluding hydrogens is 312 g/mol. The predicted octanol–water partition coefficient (Wildman–Crippen LogP) is 2.74. The number of nitrogens with zero attached hydrogens (tertiary/aromatic N) is 1. The Morgan fingerprint density at radius 3 is 2.16 bits per heavy atom. The zero-order valence-electron chi connectivity index (χ0n) is 16.8. The van der Waals surface area contributed by atoms with Crippen LogP contribution in [-0.2, 0) is 10.2 Å². The highest BCUT2D eigenvalue weighted by molar-refractivity contribution is 5.85. The maximum Gasteiger partial charge on any atom is 0.242 e. The molecule has 0 radical (unpaired) electrons. The fourth-order valence-electron chi connectivity index (χ4n) is 2.36. The molecule has 0 heterocycles. The van der Waals surface area contributed by atoms with Gasteiger partial charge >= 0.3 is 0 Å². The average Bonchev–Trinajstić information content (AvgIpc) is 2.49. The van der Waals surface area contributed by atoms with Gasteiger partial charge in [0, 0.05) is 24.0 Å². The normalized spacial score (nSPS) is 12.7. The van der Waals surface area contributed by atoms with Gasteiger partial charge in [0.05, 0.1) is 0 Å². The number of nitrogens with one attached hydrogen (secondary N) is 3. The molecule has 0 spiro atoms. The van der Waals surface area contributed by atoms with E-state index in [0.29, 0.717) is 5.96 Å². The number of guanidine groups is 1. The summed E-state index contributed by atoms with van der Waals surface area (Å²) in [6, 6.07) is 8.59. The molecule has 1 aromatic carbocycles. The minimum atomic E-state index is -0.244. The Balaban J connectivity index is 2.69. The highest BCUT2D eigenvalue weighted by atomic mass is 16.2. The van der Waals surface area contributed by atoms with Crippen LogP contribution in [-0.4, -0.2) is 37.0 Å².